The van der Waals surface area contributed by atoms with Crippen molar-refractivity contribution in [1.82, 2.24) is 0 Å². The van der Waals surface area contributed by atoms with Gasteiger partial charge in [-0.25, -0.2) is 8.78 Å². The van der Waals surface area contributed by atoms with Crippen molar-refractivity contribution in [3.63, 3.8) is 0 Å². The molecule has 1 aromatic rings. The van der Waals surface area contributed by atoms with Crippen molar-refractivity contribution in [2.45, 2.75) is 12.8 Å². The molecule has 11 heavy (non-hydrogen) atoms. The first kappa shape index (κ1) is 8.22. The predicted octanol–water partition coefficient (Wildman–Crippen LogP) is 2.86. The first-order valence-electron chi connectivity index (χ1n) is 3.04. The third kappa shape index (κ3) is 2.02. The van der Waals surface area contributed by atoms with Crippen LogP contribution in [-0.4, -0.2) is 0 Å². The summed E-state index contributed by atoms with van der Waals surface area (Å²) >= 11 is 1.07. The highest BCUT2D eigenvalue weighted by atomic mass is 32.1. The lowest BCUT2D eigenvalue weighted by Crippen LogP contribution is -1.73. The number of thiophene rings is 1. The zero-order valence-corrected chi connectivity index (χ0v) is 6.50. The number of alkyl halides is 2. The number of hydrogen-bond donors (Lipinski definition) is 0. The van der Waals surface area contributed by atoms with Crippen molar-refractivity contribution in [3.8, 4) is 12.3 Å². The SMILES string of the molecule is C#CCc1ccc(C(F)F)s1. The van der Waals surface area contributed by atoms with Crippen molar-refractivity contribution >= 4 is 11.3 Å². The summed E-state index contributed by atoms with van der Waals surface area (Å²) in [4.78, 5) is 0.915. The largest absolute Gasteiger partial charge is 0.272 e. The first-order valence-corrected chi connectivity index (χ1v) is 3.86. The molecule has 0 amide bonds. The fourth-order valence-electron chi connectivity index (χ4n) is 0.707. The molecule has 0 radical (unpaired) electrons. The molecule has 1 rings (SSSR count). The van der Waals surface area contributed by atoms with Gasteiger partial charge in [0.1, 0.15) is 0 Å². The number of hydrogen-bond acceptors (Lipinski definition) is 1. The highest BCUT2D eigenvalue weighted by Gasteiger charge is 2.08. The second-order valence-corrected chi connectivity index (χ2v) is 3.19. The topological polar surface area (TPSA) is 0 Å². The summed E-state index contributed by atoms with van der Waals surface area (Å²) in [6, 6.07) is 3.06. The smallest absolute Gasteiger partial charge is 0.204 e. The molecule has 0 saturated heterocycles. The molecule has 0 aliphatic heterocycles. The zero-order chi connectivity index (χ0) is 8.27. The number of terminal acetylenes is 1. The summed E-state index contributed by atoms with van der Waals surface area (Å²) in [6.07, 6.45) is 3.09. The Kier molecular flexibility index (Phi) is 2.61. The summed E-state index contributed by atoms with van der Waals surface area (Å²) < 4.78 is 24.0. The van der Waals surface area contributed by atoms with E-state index in [0.29, 0.717) is 6.42 Å². The monoisotopic (exact) mass is 172 g/mol. The van der Waals surface area contributed by atoms with Crippen molar-refractivity contribution in [2.24, 2.45) is 0 Å². The van der Waals surface area contributed by atoms with Crippen LogP contribution >= 0.6 is 11.3 Å². The van der Waals surface area contributed by atoms with Gasteiger partial charge in [-0.05, 0) is 12.1 Å². The molecule has 1 heterocycles. The van der Waals surface area contributed by atoms with Crippen LogP contribution < -0.4 is 0 Å². The van der Waals surface area contributed by atoms with E-state index >= 15 is 0 Å². The molecule has 58 valence electrons. The first-order chi connectivity index (χ1) is 5.24. The third-order valence-corrected chi connectivity index (χ3v) is 2.27. The van der Waals surface area contributed by atoms with Gasteiger partial charge in [0.25, 0.3) is 6.43 Å². The van der Waals surface area contributed by atoms with Crippen LogP contribution in [0.15, 0.2) is 12.1 Å². The summed E-state index contributed by atoms with van der Waals surface area (Å²) in [6.45, 7) is 0. The molecule has 0 spiro atoms. The third-order valence-electron chi connectivity index (χ3n) is 1.17. The fraction of sp³-hybridized carbons (Fsp3) is 0.250. The second-order valence-electron chi connectivity index (χ2n) is 1.99. The molecule has 1 aromatic heterocycles. The highest BCUT2D eigenvalue weighted by molar-refractivity contribution is 7.12. The average molecular weight is 172 g/mol. The van der Waals surface area contributed by atoms with Crippen LogP contribution in [0.5, 0.6) is 0 Å². The van der Waals surface area contributed by atoms with E-state index in [4.69, 9.17) is 6.42 Å². The lowest BCUT2D eigenvalue weighted by molar-refractivity contribution is 0.155. The van der Waals surface area contributed by atoms with Crippen molar-refractivity contribution < 1.29 is 8.78 Å². The van der Waals surface area contributed by atoms with Crippen LogP contribution in [-0.2, 0) is 6.42 Å². The Morgan fingerprint density at radius 2 is 2.27 bits per heavy atom. The Morgan fingerprint density at radius 1 is 1.55 bits per heavy atom. The van der Waals surface area contributed by atoms with Crippen molar-refractivity contribution in [3.05, 3.63) is 21.9 Å². The van der Waals surface area contributed by atoms with Crippen LogP contribution in [0.25, 0.3) is 0 Å². The highest BCUT2D eigenvalue weighted by Crippen LogP contribution is 2.26. The molecule has 0 aromatic carbocycles. The number of halogens is 2. The molecule has 0 fully saturated rings. The van der Waals surface area contributed by atoms with Crippen LogP contribution in [0.2, 0.25) is 0 Å². The van der Waals surface area contributed by atoms with E-state index in [9.17, 15) is 8.78 Å². The molecule has 0 nitrogen and oxygen atoms in total. The van der Waals surface area contributed by atoms with Crippen LogP contribution in [0, 0.1) is 12.3 Å². The van der Waals surface area contributed by atoms with E-state index in [1.165, 1.54) is 6.07 Å². The van der Waals surface area contributed by atoms with Crippen molar-refractivity contribution in [2.75, 3.05) is 0 Å². The molecule has 0 saturated carbocycles. The summed E-state index contributed by atoms with van der Waals surface area (Å²) in [5.74, 6) is 2.40. The summed E-state index contributed by atoms with van der Waals surface area (Å²) in [5.41, 5.74) is 0. The normalized spacial score (nSPS) is 10.0. The van der Waals surface area contributed by atoms with E-state index in [-0.39, 0.29) is 4.88 Å². The van der Waals surface area contributed by atoms with E-state index in [1.807, 2.05) is 0 Å². The Labute approximate surface area is 67.9 Å². The lowest BCUT2D eigenvalue weighted by atomic mass is 10.3. The molecule has 0 unspecified atom stereocenters. The zero-order valence-electron chi connectivity index (χ0n) is 5.68. The average Bonchev–Trinajstić information content (AvgIpc) is 2.37. The Morgan fingerprint density at radius 3 is 2.73 bits per heavy atom. The minimum absolute atomic E-state index is 0.0928. The van der Waals surface area contributed by atoms with E-state index in [1.54, 1.807) is 6.07 Å². The van der Waals surface area contributed by atoms with E-state index in [2.05, 4.69) is 5.92 Å². The van der Waals surface area contributed by atoms with Crippen molar-refractivity contribution in [1.29, 1.82) is 0 Å². The molecule has 0 aliphatic carbocycles. The minimum Gasteiger partial charge on any atom is -0.204 e. The molecular weight excluding hydrogens is 166 g/mol. The quantitative estimate of drug-likeness (QED) is 0.602. The molecule has 3 heteroatoms. The van der Waals surface area contributed by atoms with Gasteiger partial charge in [-0.3, -0.25) is 0 Å². The standard InChI is InChI=1S/C8H6F2S/c1-2-3-6-4-5-7(11-6)8(9)10/h1,4-5,8H,3H2. The van der Waals surface area contributed by atoms with Gasteiger partial charge in [0.05, 0.1) is 4.88 Å². The molecule has 0 atom stereocenters. The minimum atomic E-state index is -2.37. The van der Waals surface area contributed by atoms with Gasteiger partial charge >= 0.3 is 0 Å². The van der Waals surface area contributed by atoms with Gasteiger partial charge in [-0.2, -0.15) is 0 Å². The Hall–Kier alpha value is -0.880. The van der Waals surface area contributed by atoms with E-state index in [0.717, 1.165) is 16.2 Å². The van der Waals surface area contributed by atoms with Crippen LogP contribution in [0.3, 0.4) is 0 Å². The second kappa shape index (κ2) is 3.49. The predicted molar refractivity (Wildman–Crippen MR) is 41.8 cm³/mol. The Balaban J connectivity index is 2.75. The van der Waals surface area contributed by atoms with Gasteiger partial charge in [-0.1, -0.05) is 0 Å². The maximum absolute atomic E-state index is 12.0. The van der Waals surface area contributed by atoms with Gasteiger partial charge in [-0.15, -0.1) is 23.7 Å². The molecule has 0 aliphatic rings. The maximum atomic E-state index is 12.0. The summed E-state index contributed by atoms with van der Waals surface area (Å²) in [7, 11) is 0. The van der Waals surface area contributed by atoms with Crippen LogP contribution in [0.4, 0.5) is 8.78 Å². The summed E-state index contributed by atoms with van der Waals surface area (Å²) in [5, 5.41) is 0. The van der Waals surface area contributed by atoms with Crippen LogP contribution in [0.1, 0.15) is 16.2 Å². The van der Waals surface area contributed by atoms with Gasteiger partial charge in [0.2, 0.25) is 0 Å². The molecule has 0 bridgehead atoms. The van der Waals surface area contributed by atoms with Gasteiger partial charge in [0.15, 0.2) is 0 Å². The van der Waals surface area contributed by atoms with Gasteiger partial charge < -0.3 is 0 Å². The van der Waals surface area contributed by atoms with E-state index < -0.39 is 6.43 Å². The van der Waals surface area contributed by atoms with Gasteiger partial charge in [0, 0.05) is 11.3 Å². The number of rotatable bonds is 2. The maximum Gasteiger partial charge on any atom is 0.272 e. The Bertz CT molecular complexity index is 270. The molecule has 0 N–H and O–H groups in total. The molecular formula is C8H6F2S. The lowest BCUT2D eigenvalue weighted by Gasteiger charge is -1.89. The fourth-order valence-corrected chi connectivity index (χ4v) is 1.53.